The molecule has 0 bridgehead atoms. The number of nitrogens with two attached hydrogens (primary N) is 1. The van der Waals surface area contributed by atoms with Gasteiger partial charge in [-0.1, -0.05) is 0 Å². The van der Waals surface area contributed by atoms with Crippen molar-refractivity contribution in [3.8, 4) is 0 Å². The number of fused-ring (bicyclic) bond motifs is 1. The van der Waals surface area contributed by atoms with Crippen molar-refractivity contribution in [1.29, 1.82) is 0 Å². The number of nitrogens with zero attached hydrogens (tertiary/aromatic N) is 4. The van der Waals surface area contributed by atoms with Crippen molar-refractivity contribution in [2.75, 3.05) is 18.9 Å². The molecule has 3 heterocycles. The Morgan fingerprint density at radius 3 is 2.44 bits per heavy atom. The average Bonchev–Trinajstić information content (AvgIpc) is 3.22. The molecule has 1 aliphatic heterocycles. The van der Waals surface area contributed by atoms with E-state index in [1.54, 1.807) is 0 Å². The second-order valence-corrected chi connectivity index (χ2v) is 13.5. The molecular formula is C12H20N5O12P3. The van der Waals surface area contributed by atoms with Crippen molar-refractivity contribution in [3.05, 3.63) is 12.7 Å². The van der Waals surface area contributed by atoms with Crippen LogP contribution in [0.5, 0.6) is 0 Å². The number of nitrogen functional groups attached to an aromatic ring is 1. The standard InChI is InChI=1S/C12H20N5O12P3/c1-2-26-31(22,23)32(24,25)29-30(20,21)27-3-6-8(18)9(19)12(28-6)17-5-16-7-10(13)14-4-15-11(7)17/h4-6,8-9,12,18-19H,2-3H2,1H3,(H,20,21)(H,22,23)(H,24,25)(H2,13,14,15). The third-order valence-corrected chi connectivity index (χ3v) is 10.5. The summed E-state index contributed by atoms with van der Waals surface area (Å²) in [4.78, 5) is 40.3. The minimum absolute atomic E-state index is 0.0571. The molecule has 1 fully saturated rings. The zero-order chi connectivity index (χ0) is 23.9. The second kappa shape index (κ2) is 9.14. The number of anilines is 1. The third-order valence-electron chi connectivity index (χ3n) is 4.23. The number of hydrogen-bond acceptors (Lipinski definition) is 13. The fraction of sp³-hybridized carbons (Fsp3) is 0.583. The van der Waals surface area contributed by atoms with Gasteiger partial charge in [-0.05, 0) is 6.92 Å². The summed E-state index contributed by atoms with van der Waals surface area (Å²) in [5.74, 6) is 0.0571. The van der Waals surface area contributed by atoms with E-state index >= 15 is 0 Å². The Labute approximate surface area is 179 Å². The van der Waals surface area contributed by atoms with Crippen molar-refractivity contribution in [2.24, 2.45) is 0 Å². The number of phosphoric ester groups is 1. The van der Waals surface area contributed by atoms with Gasteiger partial charge in [-0.3, -0.25) is 9.09 Å². The molecule has 1 aliphatic rings. The zero-order valence-electron chi connectivity index (χ0n) is 16.2. The van der Waals surface area contributed by atoms with E-state index in [1.807, 2.05) is 0 Å². The molecule has 0 aromatic carbocycles. The molecule has 7 unspecified atom stereocenters. The van der Waals surface area contributed by atoms with Gasteiger partial charge in [0.1, 0.15) is 30.2 Å². The van der Waals surface area contributed by atoms with Crippen LogP contribution in [-0.2, 0) is 31.8 Å². The van der Waals surface area contributed by atoms with Gasteiger partial charge >= 0.3 is 22.4 Å². The topological polar surface area (TPSA) is 259 Å². The lowest BCUT2D eigenvalue weighted by atomic mass is 10.1. The molecule has 1 saturated heterocycles. The van der Waals surface area contributed by atoms with Gasteiger partial charge in [0, 0.05) is 0 Å². The van der Waals surface area contributed by atoms with E-state index in [1.165, 1.54) is 17.8 Å². The minimum Gasteiger partial charge on any atom is -0.387 e. The molecular weight excluding hydrogens is 499 g/mol. The van der Waals surface area contributed by atoms with Gasteiger partial charge < -0.3 is 39.9 Å². The van der Waals surface area contributed by atoms with Gasteiger partial charge in [-0.25, -0.2) is 28.6 Å². The van der Waals surface area contributed by atoms with Crippen LogP contribution >= 0.6 is 22.4 Å². The highest BCUT2D eigenvalue weighted by Gasteiger charge is 2.51. The maximum Gasteiger partial charge on any atom is 0.479 e. The van der Waals surface area contributed by atoms with Crippen LogP contribution in [0.15, 0.2) is 12.7 Å². The number of hydrogen-bond donors (Lipinski definition) is 6. The Balaban J connectivity index is 1.70. The second-order valence-electron chi connectivity index (χ2n) is 6.37. The van der Waals surface area contributed by atoms with Crippen molar-refractivity contribution in [3.63, 3.8) is 0 Å². The van der Waals surface area contributed by atoms with E-state index in [0.29, 0.717) is 0 Å². The maximum atomic E-state index is 12.0. The van der Waals surface area contributed by atoms with Crippen LogP contribution in [0.4, 0.5) is 5.82 Å². The Kier molecular flexibility index (Phi) is 7.23. The Hall–Kier alpha value is -1.32. The average molecular weight is 519 g/mol. The van der Waals surface area contributed by atoms with E-state index in [-0.39, 0.29) is 17.0 Å². The summed E-state index contributed by atoms with van der Waals surface area (Å²) in [7, 11) is -16.4. The van der Waals surface area contributed by atoms with Gasteiger partial charge in [0.2, 0.25) is 0 Å². The van der Waals surface area contributed by atoms with Gasteiger partial charge in [0.05, 0.1) is 19.5 Å². The Bertz CT molecular complexity index is 1130. The lowest BCUT2D eigenvalue weighted by Crippen LogP contribution is -2.33. The molecule has 32 heavy (non-hydrogen) atoms. The molecule has 0 amide bonds. The Morgan fingerprint density at radius 1 is 1.09 bits per heavy atom. The van der Waals surface area contributed by atoms with Crippen LogP contribution in [0.25, 0.3) is 11.2 Å². The van der Waals surface area contributed by atoms with E-state index in [4.69, 9.17) is 10.5 Å². The van der Waals surface area contributed by atoms with Crippen molar-refractivity contribution in [2.45, 2.75) is 31.5 Å². The summed E-state index contributed by atoms with van der Waals surface area (Å²) in [5, 5.41) is 20.5. The number of ether oxygens (including phenoxy) is 1. The summed E-state index contributed by atoms with van der Waals surface area (Å²) < 4.78 is 54.9. The number of aromatic nitrogens is 4. The number of aliphatic hydroxyl groups excluding tert-OH is 2. The summed E-state index contributed by atoms with van der Waals surface area (Å²) >= 11 is 0. The van der Waals surface area contributed by atoms with Crippen LogP contribution in [0, 0.1) is 0 Å². The predicted octanol–water partition coefficient (Wildman–Crippen LogP) is -0.516. The summed E-state index contributed by atoms with van der Waals surface area (Å²) in [6.45, 7) is -0.141. The van der Waals surface area contributed by atoms with Crippen molar-refractivity contribution in [1.82, 2.24) is 19.5 Å². The molecule has 7 atom stereocenters. The zero-order valence-corrected chi connectivity index (χ0v) is 18.9. The highest BCUT2D eigenvalue weighted by atomic mass is 32.1. The molecule has 0 saturated carbocycles. The van der Waals surface area contributed by atoms with Gasteiger partial charge in [-0.2, -0.15) is 4.31 Å². The first kappa shape index (κ1) is 25.3. The van der Waals surface area contributed by atoms with Crippen LogP contribution in [0.1, 0.15) is 13.2 Å². The van der Waals surface area contributed by atoms with E-state index in [9.17, 15) is 38.6 Å². The highest BCUT2D eigenvalue weighted by molar-refractivity contribution is 8.27. The molecule has 2 aromatic rings. The van der Waals surface area contributed by atoms with Crippen molar-refractivity contribution < 1.29 is 56.7 Å². The normalized spacial score (nSPS) is 29.4. The summed E-state index contributed by atoms with van der Waals surface area (Å²) in [6.07, 6.45) is -3.56. The Morgan fingerprint density at radius 2 is 1.78 bits per heavy atom. The monoisotopic (exact) mass is 519 g/mol. The fourth-order valence-corrected chi connectivity index (χ4v) is 7.66. The third kappa shape index (κ3) is 4.94. The quantitative estimate of drug-likeness (QED) is 0.228. The first-order chi connectivity index (χ1) is 14.8. The lowest BCUT2D eigenvalue weighted by Gasteiger charge is -2.21. The van der Waals surface area contributed by atoms with Crippen molar-refractivity contribution >= 4 is 39.4 Å². The molecule has 17 nitrogen and oxygen atoms in total. The van der Waals surface area contributed by atoms with E-state index < -0.39 is 60.1 Å². The summed E-state index contributed by atoms with van der Waals surface area (Å²) in [6, 6.07) is 0. The highest BCUT2D eigenvalue weighted by Crippen LogP contribution is 2.82. The molecule has 0 aliphatic carbocycles. The van der Waals surface area contributed by atoms with Gasteiger partial charge in [0.25, 0.3) is 0 Å². The largest absolute Gasteiger partial charge is 0.479 e. The van der Waals surface area contributed by atoms with Crippen LogP contribution in [0.2, 0.25) is 0 Å². The van der Waals surface area contributed by atoms with Crippen LogP contribution in [0.3, 0.4) is 0 Å². The van der Waals surface area contributed by atoms with E-state index in [0.717, 1.165) is 6.33 Å². The first-order valence-electron chi connectivity index (χ1n) is 8.73. The van der Waals surface area contributed by atoms with Crippen LogP contribution in [-0.4, -0.2) is 75.9 Å². The minimum atomic E-state index is -5.65. The smallest absolute Gasteiger partial charge is 0.387 e. The molecule has 180 valence electrons. The van der Waals surface area contributed by atoms with Crippen LogP contribution < -0.4 is 5.73 Å². The van der Waals surface area contributed by atoms with E-state index in [2.05, 4.69) is 28.3 Å². The molecule has 0 spiro atoms. The van der Waals surface area contributed by atoms with Gasteiger partial charge in [-0.15, -0.1) is 0 Å². The first-order valence-corrected chi connectivity index (χ1v) is 14.1. The molecule has 3 rings (SSSR count). The summed E-state index contributed by atoms with van der Waals surface area (Å²) in [5.41, 5.74) is 6.06. The number of aliphatic hydroxyl groups is 2. The molecule has 7 N–H and O–H groups in total. The number of rotatable bonds is 9. The molecule has 2 aromatic heterocycles. The maximum absolute atomic E-state index is 12.0. The number of phosphoric acid groups is 1. The molecule has 0 radical (unpaired) electrons. The van der Waals surface area contributed by atoms with Gasteiger partial charge in [0.15, 0.2) is 17.7 Å². The fourth-order valence-electron chi connectivity index (χ4n) is 2.77. The lowest BCUT2D eigenvalue weighted by molar-refractivity contribution is -0.0501. The SMILES string of the molecule is CCOP(=O)(O)P(=O)(O)OP(=O)(O)OCC1OC(n2cnc3c(N)ncnc32)C(O)C1O. The molecule has 20 heteroatoms. The number of imidazole rings is 1. The predicted molar refractivity (Wildman–Crippen MR) is 104 cm³/mol.